The van der Waals surface area contributed by atoms with Crippen molar-refractivity contribution in [3.63, 3.8) is 0 Å². The van der Waals surface area contributed by atoms with Crippen molar-refractivity contribution in [3.05, 3.63) is 35.9 Å². The summed E-state index contributed by atoms with van der Waals surface area (Å²) in [5.41, 5.74) is -0.133. The van der Waals surface area contributed by atoms with E-state index in [0.29, 0.717) is 6.42 Å². The Bertz CT molecular complexity index is 560. The van der Waals surface area contributed by atoms with Crippen LogP contribution in [0.15, 0.2) is 30.3 Å². The van der Waals surface area contributed by atoms with Crippen LogP contribution in [0.4, 0.5) is 0 Å². The third kappa shape index (κ3) is 5.20. The van der Waals surface area contributed by atoms with E-state index < -0.39 is 25.7 Å². The molecule has 1 N–H and O–H groups in total. The van der Waals surface area contributed by atoms with E-state index in [1.807, 2.05) is 43.4 Å². The van der Waals surface area contributed by atoms with E-state index >= 15 is 0 Å². The van der Waals surface area contributed by atoms with Gasteiger partial charge in [0.1, 0.15) is 0 Å². The normalized spacial score (nSPS) is 14.9. The van der Waals surface area contributed by atoms with Gasteiger partial charge < -0.3 is 9.53 Å². The van der Waals surface area contributed by atoms with E-state index in [9.17, 15) is 14.7 Å². The summed E-state index contributed by atoms with van der Waals surface area (Å²) >= 11 is 0. The zero-order valence-corrected chi connectivity index (χ0v) is 16.0. The second kappa shape index (κ2) is 6.87. The minimum Gasteiger partial charge on any atom is -0.519 e. The minimum atomic E-state index is -2.29. The van der Waals surface area contributed by atoms with Crippen molar-refractivity contribution >= 4 is 20.3 Å². The number of hydrogen-bond acceptors (Lipinski definition) is 3. The third-order valence-electron chi connectivity index (χ3n) is 4.63. The molecule has 1 aromatic carbocycles. The Morgan fingerprint density at radius 2 is 1.61 bits per heavy atom. The topological polar surface area (TPSA) is 63.6 Å². The van der Waals surface area contributed by atoms with E-state index in [2.05, 4.69) is 20.8 Å². The average molecular weight is 337 g/mol. The molecule has 0 heterocycles. The predicted octanol–water partition coefficient (Wildman–Crippen LogP) is 4.26. The molecule has 0 saturated carbocycles. The first-order valence-electron chi connectivity index (χ1n) is 7.87. The number of hydrogen-bond donors (Lipinski definition) is 1. The zero-order chi connectivity index (χ0) is 17.9. The van der Waals surface area contributed by atoms with Crippen LogP contribution in [0.2, 0.25) is 18.1 Å². The maximum Gasteiger partial charge on any atom is 0.304 e. The van der Waals surface area contributed by atoms with Crippen molar-refractivity contribution in [2.75, 3.05) is 0 Å². The molecule has 1 rings (SSSR count). The molecule has 1 aromatic rings. The third-order valence-corrected chi connectivity index (χ3v) is 8.93. The lowest BCUT2D eigenvalue weighted by Crippen LogP contribution is -2.47. The Balaban J connectivity index is 3.05. The molecule has 0 aliphatic carbocycles. The summed E-state index contributed by atoms with van der Waals surface area (Å²) in [7, 11) is -2.29. The summed E-state index contributed by atoms with van der Waals surface area (Å²) in [4.78, 5) is 24.1. The van der Waals surface area contributed by atoms with Crippen LogP contribution in [-0.2, 0) is 20.4 Å². The van der Waals surface area contributed by atoms with E-state index in [1.165, 1.54) is 0 Å². The van der Waals surface area contributed by atoms with Gasteiger partial charge in [-0.2, -0.15) is 0 Å². The van der Waals surface area contributed by atoms with Gasteiger partial charge in [-0.25, -0.2) is 0 Å². The van der Waals surface area contributed by atoms with Gasteiger partial charge in [0.2, 0.25) is 0 Å². The molecule has 1 atom stereocenters. The molecule has 23 heavy (non-hydrogen) atoms. The van der Waals surface area contributed by atoms with Crippen LogP contribution >= 0.6 is 0 Å². The van der Waals surface area contributed by atoms with Crippen LogP contribution in [0.3, 0.4) is 0 Å². The summed E-state index contributed by atoms with van der Waals surface area (Å²) in [6.07, 6.45) is 0.114. The largest absolute Gasteiger partial charge is 0.519 e. The second-order valence-electron chi connectivity index (χ2n) is 7.94. The summed E-state index contributed by atoms with van der Waals surface area (Å²) in [6.45, 7) is 11.8. The maximum absolute atomic E-state index is 12.8. The van der Waals surface area contributed by atoms with Gasteiger partial charge in [-0.15, -0.1) is 0 Å². The molecule has 0 aliphatic rings. The van der Waals surface area contributed by atoms with E-state index in [1.54, 1.807) is 6.92 Å². The molecule has 0 spiro atoms. The zero-order valence-electron chi connectivity index (χ0n) is 15.0. The standard InChI is InChI=1S/C18H28O4Si/c1-17(2,3)23(5,6)22-16(21)18(4,13-15(19)20)12-14-10-8-7-9-11-14/h7-11H,12-13H2,1-6H3,(H,19,20). The molecule has 0 bridgehead atoms. The maximum atomic E-state index is 12.8. The highest BCUT2D eigenvalue weighted by Gasteiger charge is 2.45. The first-order chi connectivity index (χ1) is 10.4. The van der Waals surface area contributed by atoms with Gasteiger partial charge in [-0.3, -0.25) is 9.59 Å². The quantitative estimate of drug-likeness (QED) is 0.788. The number of carboxylic acid groups (broad SMARTS) is 1. The lowest BCUT2D eigenvalue weighted by atomic mass is 9.81. The number of carbonyl (C=O) groups is 2. The van der Waals surface area contributed by atoms with Gasteiger partial charge in [-0.05, 0) is 37.0 Å². The molecule has 5 heteroatoms. The lowest BCUT2D eigenvalue weighted by Gasteiger charge is -2.38. The van der Waals surface area contributed by atoms with Gasteiger partial charge in [0.25, 0.3) is 14.3 Å². The van der Waals surface area contributed by atoms with Crippen molar-refractivity contribution in [2.45, 2.75) is 58.7 Å². The lowest BCUT2D eigenvalue weighted by molar-refractivity contribution is -0.153. The second-order valence-corrected chi connectivity index (χ2v) is 12.7. The fourth-order valence-electron chi connectivity index (χ4n) is 2.10. The molecule has 4 nitrogen and oxygen atoms in total. The first kappa shape index (κ1) is 19.4. The molecule has 0 radical (unpaired) electrons. The highest BCUT2D eigenvalue weighted by Crippen LogP contribution is 2.39. The van der Waals surface area contributed by atoms with Gasteiger partial charge in [0.05, 0.1) is 11.8 Å². The van der Waals surface area contributed by atoms with Crippen LogP contribution in [0.25, 0.3) is 0 Å². The molecule has 128 valence electrons. The summed E-state index contributed by atoms with van der Waals surface area (Å²) in [5, 5.41) is 9.13. The van der Waals surface area contributed by atoms with Crippen LogP contribution in [0.1, 0.15) is 39.7 Å². The van der Waals surface area contributed by atoms with Crippen molar-refractivity contribution < 1.29 is 19.1 Å². The van der Waals surface area contributed by atoms with Crippen molar-refractivity contribution in [3.8, 4) is 0 Å². The monoisotopic (exact) mass is 336 g/mol. The van der Waals surface area contributed by atoms with Gasteiger partial charge in [-0.1, -0.05) is 51.1 Å². The van der Waals surface area contributed by atoms with Gasteiger partial charge in [0, 0.05) is 0 Å². The fourth-order valence-corrected chi connectivity index (χ4v) is 3.11. The molecule has 0 aromatic heterocycles. The number of rotatable bonds is 6. The van der Waals surface area contributed by atoms with Crippen LogP contribution in [-0.4, -0.2) is 25.4 Å². The minimum absolute atomic E-state index is 0.112. The molecule has 1 unspecified atom stereocenters. The molecule has 0 amide bonds. The van der Waals surface area contributed by atoms with Crippen LogP contribution < -0.4 is 0 Å². The number of carboxylic acids is 1. The van der Waals surface area contributed by atoms with E-state index in [0.717, 1.165) is 5.56 Å². The van der Waals surface area contributed by atoms with Crippen LogP contribution in [0.5, 0.6) is 0 Å². The smallest absolute Gasteiger partial charge is 0.304 e. The molecule has 0 saturated heterocycles. The summed E-state index contributed by atoms with van der Waals surface area (Å²) in [5.74, 6) is -1.40. The average Bonchev–Trinajstić information content (AvgIpc) is 2.36. The predicted molar refractivity (Wildman–Crippen MR) is 93.8 cm³/mol. The highest BCUT2D eigenvalue weighted by molar-refractivity contribution is 6.75. The van der Waals surface area contributed by atoms with Gasteiger partial charge >= 0.3 is 5.97 Å². The molecule has 0 fully saturated rings. The highest BCUT2D eigenvalue weighted by atomic mass is 28.4. The first-order valence-corrected chi connectivity index (χ1v) is 10.8. The van der Waals surface area contributed by atoms with Crippen molar-refractivity contribution in [1.82, 2.24) is 0 Å². The van der Waals surface area contributed by atoms with Crippen molar-refractivity contribution in [2.24, 2.45) is 5.41 Å². The summed E-state index contributed by atoms with van der Waals surface area (Å²) in [6, 6.07) is 9.47. The number of benzene rings is 1. The SMILES string of the molecule is CC(CC(=O)O)(Cc1ccccc1)C(=O)O[Si](C)(C)C(C)(C)C. The Morgan fingerprint density at radius 3 is 2.04 bits per heavy atom. The Labute approximate surface area is 140 Å². The molecular formula is C18H28O4Si. The Hall–Kier alpha value is -1.62. The fraction of sp³-hybridized carbons (Fsp3) is 0.556. The number of carbonyl (C=O) groups excluding carboxylic acids is 1. The summed E-state index contributed by atoms with van der Waals surface area (Å²) < 4.78 is 5.88. The van der Waals surface area contributed by atoms with Crippen LogP contribution in [0, 0.1) is 5.41 Å². The molecule has 0 aliphatic heterocycles. The van der Waals surface area contributed by atoms with E-state index in [4.69, 9.17) is 4.43 Å². The number of aliphatic carboxylic acids is 1. The Kier molecular flexibility index (Phi) is 5.80. The molecular weight excluding hydrogens is 308 g/mol. The van der Waals surface area contributed by atoms with Crippen molar-refractivity contribution in [1.29, 1.82) is 0 Å². The van der Waals surface area contributed by atoms with E-state index in [-0.39, 0.29) is 11.5 Å². The van der Waals surface area contributed by atoms with Gasteiger partial charge in [0.15, 0.2) is 0 Å². The Morgan fingerprint density at radius 1 is 1.09 bits per heavy atom.